The fourth-order valence-corrected chi connectivity index (χ4v) is 10.8. The van der Waals surface area contributed by atoms with Crippen molar-refractivity contribution < 1.29 is 0 Å². The maximum absolute atomic E-state index is 4.07. The second-order valence-corrected chi connectivity index (χ2v) is 17.8. The highest BCUT2D eigenvalue weighted by atomic mass is 15.2. The molecule has 0 N–H and O–H groups in total. The van der Waals surface area contributed by atoms with Gasteiger partial charge in [0.05, 0.1) is 28.1 Å². The van der Waals surface area contributed by atoms with E-state index < -0.39 is 0 Å². The zero-order valence-corrected chi connectivity index (χ0v) is 36.8. The zero-order chi connectivity index (χ0) is 43.8. The van der Waals surface area contributed by atoms with Crippen molar-refractivity contribution in [1.29, 1.82) is 0 Å². The molecule has 2 heterocycles. The molecule has 310 valence electrons. The maximum Gasteiger partial charge on any atom is 0.0583 e. The summed E-state index contributed by atoms with van der Waals surface area (Å²) in [7, 11) is 0. The molecule has 0 saturated carbocycles. The van der Waals surface area contributed by atoms with Crippen molar-refractivity contribution in [2.45, 2.75) is 26.2 Å². The minimum Gasteiger partial charge on any atom is -0.310 e. The average Bonchev–Trinajstić information content (AvgIpc) is 3.68. The number of hydrogen-bond acceptors (Lipinski definition) is 2. The predicted molar refractivity (Wildman–Crippen MR) is 279 cm³/mol. The summed E-state index contributed by atoms with van der Waals surface area (Å²) in [5.74, 6) is 0. The van der Waals surface area contributed by atoms with Crippen LogP contribution in [0.2, 0.25) is 0 Å². The van der Waals surface area contributed by atoms with E-state index in [-0.39, 0.29) is 5.41 Å². The smallest absolute Gasteiger partial charge is 0.0583 e. The zero-order valence-electron chi connectivity index (χ0n) is 36.8. The SMILES string of the molecule is C=C/C=C\c1c(N(c2ccccc2)c2cc3c4c(c2)c2cc(N(c5ccccc5)c5cc6ccccc6c6ccccc56)ccc2n4-c2ccccc2C3(C)C)cc2ccccc2c1C. The van der Waals surface area contributed by atoms with Crippen LogP contribution in [0.25, 0.3) is 65.9 Å². The summed E-state index contributed by atoms with van der Waals surface area (Å²) in [4.78, 5) is 4.92. The first-order valence-electron chi connectivity index (χ1n) is 22.6. The lowest BCUT2D eigenvalue weighted by molar-refractivity contribution is 0.630. The van der Waals surface area contributed by atoms with Crippen molar-refractivity contribution in [3.8, 4) is 5.69 Å². The fraction of sp³-hybridized carbons (Fsp3) is 0.0645. The molecule has 1 aliphatic rings. The Balaban J connectivity index is 1.19. The Morgan fingerprint density at radius 3 is 1.75 bits per heavy atom. The highest BCUT2D eigenvalue weighted by Gasteiger charge is 2.36. The van der Waals surface area contributed by atoms with Crippen LogP contribution in [0, 0.1) is 6.92 Å². The van der Waals surface area contributed by atoms with Crippen LogP contribution in [-0.2, 0) is 5.41 Å². The van der Waals surface area contributed by atoms with E-state index in [2.05, 4.69) is 254 Å². The molecular formula is C62H47N3. The van der Waals surface area contributed by atoms with E-state index in [0.717, 1.165) is 39.7 Å². The molecule has 1 aliphatic heterocycles. The summed E-state index contributed by atoms with van der Waals surface area (Å²) in [5, 5.41) is 9.79. The van der Waals surface area contributed by atoms with Gasteiger partial charge in [-0.25, -0.2) is 0 Å². The molecule has 0 saturated heterocycles. The second-order valence-electron chi connectivity index (χ2n) is 17.8. The monoisotopic (exact) mass is 833 g/mol. The van der Waals surface area contributed by atoms with Crippen LogP contribution < -0.4 is 9.80 Å². The molecule has 1 aromatic heterocycles. The Bertz CT molecular complexity index is 3720. The van der Waals surface area contributed by atoms with Crippen molar-refractivity contribution >= 4 is 94.3 Å². The molecule has 0 radical (unpaired) electrons. The molecule has 0 amide bonds. The van der Waals surface area contributed by atoms with Crippen molar-refractivity contribution in [3.05, 3.63) is 241 Å². The minimum atomic E-state index is -0.300. The lowest BCUT2D eigenvalue weighted by Crippen LogP contribution is -2.26. The van der Waals surface area contributed by atoms with Gasteiger partial charge >= 0.3 is 0 Å². The molecule has 0 unspecified atom stereocenters. The number of fused-ring (bicyclic) bond motifs is 9. The number of aryl methyl sites for hydroxylation is 1. The van der Waals surface area contributed by atoms with Crippen molar-refractivity contribution in [1.82, 2.24) is 4.57 Å². The Morgan fingerprint density at radius 1 is 0.462 bits per heavy atom. The number of para-hydroxylation sites is 3. The van der Waals surface area contributed by atoms with Crippen molar-refractivity contribution in [2.75, 3.05) is 9.80 Å². The highest BCUT2D eigenvalue weighted by Crippen LogP contribution is 2.52. The highest BCUT2D eigenvalue weighted by molar-refractivity contribution is 6.17. The maximum atomic E-state index is 4.07. The summed E-state index contributed by atoms with van der Waals surface area (Å²) >= 11 is 0. The molecule has 0 aliphatic carbocycles. The molecule has 0 atom stereocenters. The Morgan fingerprint density at radius 2 is 1.03 bits per heavy atom. The van der Waals surface area contributed by atoms with E-state index in [9.17, 15) is 0 Å². The number of allylic oxidation sites excluding steroid dienone is 2. The number of rotatable bonds is 8. The van der Waals surface area contributed by atoms with Gasteiger partial charge in [-0.1, -0.05) is 166 Å². The summed E-state index contributed by atoms with van der Waals surface area (Å²) in [6.07, 6.45) is 6.14. The molecule has 0 fully saturated rings. The van der Waals surface area contributed by atoms with Crippen LogP contribution in [-0.4, -0.2) is 4.57 Å². The molecule has 3 heteroatoms. The molecule has 11 aromatic rings. The lowest BCUT2D eigenvalue weighted by atomic mass is 9.74. The number of nitrogens with zero attached hydrogens (tertiary/aromatic N) is 3. The van der Waals surface area contributed by atoms with Crippen LogP contribution in [0.5, 0.6) is 0 Å². The second kappa shape index (κ2) is 15.0. The summed E-state index contributed by atoms with van der Waals surface area (Å²) in [6.45, 7) is 11.1. The van der Waals surface area contributed by atoms with E-state index >= 15 is 0 Å². The normalized spacial score (nSPS) is 13.0. The Kier molecular flexibility index (Phi) is 8.89. The minimum absolute atomic E-state index is 0.300. The van der Waals surface area contributed by atoms with Gasteiger partial charge in [-0.3, -0.25) is 0 Å². The Hall–Kier alpha value is -8.14. The van der Waals surface area contributed by atoms with Gasteiger partial charge < -0.3 is 14.4 Å². The van der Waals surface area contributed by atoms with Gasteiger partial charge in [0.25, 0.3) is 0 Å². The molecule has 10 aromatic carbocycles. The topological polar surface area (TPSA) is 11.4 Å². The summed E-state index contributed by atoms with van der Waals surface area (Å²) in [5.41, 5.74) is 15.0. The van der Waals surface area contributed by atoms with Crippen LogP contribution in [0.15, 0.2) is 219 Å². The van der Waals surface area contributed by atoms with E-state index in [0.29, 0.717) is 0 Å². The standard InChI is InChI=1S/C62H47N3/c1-5-6-27-49-41(2)48-28-15-13-21-42(48)36-59(49)64(45-25-11-8-12-26-45)47-39-54-53-38-46(34-35-57(53)65-58-33-20-19-32-55(58)62(3,4)56(40-47)61(54)65)63(44-23-9-7-10-24-44)60-37-43-22-14-16-29-50(43)51-30-17-18-31-52(51)60/h5-40H,1H2,2-4H3/b27-6-. The third-order valence-corrected chi connectivity index (χ3v) is 13.8. The largest absolute Gasteiger partial charge is 0.310 e. The number of aromatic nitrogens is 1. The van der Waals surface area contributed by atoms with Gasteiger partial charge in [0.1, 0.15) is 0 Å². The summed E-state index contributed by atoms with van der Waals surface area (Å²) < 4.78 is 2.53. The van der Waals surface area contributed by atoms with Gasteiger partial charge in [-0.05, 0) is 123 Å². The quantitative estimate of drug-likeness (QED) is 0.112. The van der Waals surface area contributed by atoms with Crippen LogP contribution >= 0.6 is 0 Å². The molecule has 0 bridgehead atoms. The molecule has 0 spiro atoms. The molecular weight excluding hydrogens is 787 g/mol. The summed E-state index contributed by atoms with van der Waals surface area (Å²) in [6, 6.07) is 73.7. The molecule has 65 heavy (non-hydrogen) atoms. The fourth-order valence-electron chi connectivity index (χ4n) is 10.8. The van der Waals surface area contributed by atoms with Gasteiger partial charge in [0.2, 0.25) is 0 Å². The van der Waals surface area contributed by atoms with Crippen LogP contribution in [0.4, 0.5) is 34.1 Å². The predicted octanol–water partition coefficient (Wildman–Crippen LogP) is 17.3. The lowest BCUT2D eigenvalue weighted by Gasteiger charge is -2.36. The van der Waals surface area contributed by atoms with Gasteiger partial charge in [0, 0.05) is 49.9 Å². The van der Waals surface area contributed by atoms with Crippen molar-refractivity contribution in [3.63, 3.8) is 0 Å². The number of benzene rings is 10. The Labute approximate surface area is 380 Å². The molecule has 12 rings (SSSR count). The first-order chi connectivity index (χ1) is 31.9. The van der Waals surface area contributed by atoms with Crippen molar-refractivity contribution in [2.24, 2.45) is 0 Å². The van der Waals surface area contributed by atoms with Gasteiger partial charge in [-0.2, -0.15) is 0 Å². The average molecular weight is 834 g/mol. The van der Waals surface area contributed by atoms with E-state index in [4.69, 9.17) is 0 Å². The van der Waals surface area contributed by atoms with E-state index in [1.807, 2.05) is 6.08 Å². The van der Waals surface area contributed by atoms with E-state index in [1.165, 1.54) is 76.5 Å². The number of anilines is 6. The first kappa shape index (κ1) is 38.5. The first-order valence-corrected chi connectivity index (χ1v) is 22.6. The van der Waals surface area contributed by atoms with Crippen LogP contribution in [0.3, 0.4) is 0 Å². The van der Waals surface area contributed by atoms with Gasteiger partial charge in [-0.15, -0.1) is 0 Å². The number of hydrogen-bond donors (Lipinski definition) is 0. The van der Waals surface area contributed by atoms with Crippen LogP contribution in [0.1, 0.15) is 36.1 Å². The molecule has 3 nitrogen and oxygen atoms in total. The third-order valence-electron chi connectivity index (χ3n) is 13.8. The van der Waals surface area contributed by atoms with Gasteiger partial charge in [0.15, 0.2) is 0 Å². The van der Waals surface area contributed by atoms with E-state index in [1.54, 1.807) is 0 Å². The third kappa shape index (κ3) is 5.96.